The molecule has 9 heteroatoms. The summed E-state index contributed by atoms with van der Waals surface area (Å²) in [5.41, 5.74) is -1.13. The number of aliphatic hydroxyl groups excluding tert-OH is 2. The lowest BCUT2D eigenvalue weighted by Crippen LogP contribution is -2.65. The van der Waals surface area contributed by atoms with Crippen molar-refractivity contribution in [1.82, 2.24) is 10.3 Å². The molecule has 5 atom stereocenters. The molecule has 1 fully saturated rings. The maximum atomic E-state index is 12.3. The van der Waals surface area contributed by atoms with E-state index < -0.39 is 36.0 Å². The van der Waals surface area contributed by atoms with Crippen molar-refractivity contribution in [3.63, 3.8) is 0 Å². The van der Waals surface area contributed by atoms with Crippen molar-refractivity contribution in [3.05, 3.63) is 21.4 Å². The number of carbonyl (C=O) groups is 1. The molecule has 1 unspecified atom stereocenters. The summed E-state index contributed by atoms with van der Waals surface area (Å²) in [5.74, 6) is -0.577. The van der Waals surface area contributed by atoms with E-state index in [4.69, 9.17) is 27.9 Å². The second-order valence-corrected chi connectivity index (χ2v) is 6.64. The molecule has 2 rings (SSSR count). The lowest BCUT2D eigenvalue weighted by atomic mass is 9.81. The third kappa shape index (κ3) is 3.35. The Bertz CT molecular complexity index is 608. The summed E-state index contributed by atoms with van der Waals surface area (Å²) < 4.78 is 5.06. The van der Waals surface area contributed by atoms with E-state index in [0.29, 0.717) is 5.69 Å². The van der Waals surface area contributed by atoms with Gasteiger partial charge < -0.3 is 30.4 Å². The second kappa shape index (κ2) is 6.58. The Morgan fingerprint density at radius 3 is 2.57 bits per heavy atom. The van der Waals surface area contributed by atoms with Crippen LogP contribution < -0.4 is 5.32 Å². The average molecular weight is 367 g/mol. The van der Waals surface area contributed by atoms with Gasteiger partial charge in [0.05, 0.1) is 22.2 Å². The zero-order valence-electron chi connectivity index (χ0n) is 12.9. The first-order valence-corrected chi connectivity index (χ1v) is 7.92. The van der Waals surface area contributed by atoms with E-state index in [1.165, 1.54) is 13.8 Å². The Morgan fingerprint density at radius 1 is 1.43 bits per heavy atom. The fourth-order valence-corrected chi connectivity index (χ4v) is 3.15. The molecular formula is C14H20Cl2N2O5. The van der Waals surface area contributed by atoms with Crippen molar-refractivity contribution < 1.29 is 24.9 Å². The molecule has 5 N–H and O–H groups in total. The SMILES string of the molecule is Cc1[nH]c(C(=O)N[C@@H](C)[C@]2(O)CC(O)O[C@H](C)[C@H]2O)c(Cl)c1Cl. The maximum absolute atomic E-state index is 12.3. The van der Waals surface area contributed by atoms with E-state index in [0.717, 1.165) is 0 Å². The van der Waals surface area contributed by atoms with Crippen LogP contribution in [0.2, 0.25) is 10.0 Å². The summed E-state index contributed by atoms with van der Waals surface area (Å²) in [7, 11) is 0. The van der Waals surface area contributed by atoms with E-state index in [2.05, 4.69) is 10.3 Å². The Balaban J connectivity index is 2.18. The van der Waals surface area contributed by atoms with Gasteiger partial charge in [0.15, 0.2) is 6.29 Å². The molecule has 0 bridgehead atoms. The third-order valence-electron chi connectivity index (χ3n) is 4.21. The Kier molecular flexibility index (Phi) is 5.30. The van der Waals surface area contributed by atoms with Crippen LogP contribution in [-0.4, -0.2) is 56.4 Å². The predicted molar refractivity (Wildman–Crippen MR) is 84.6 cm³/mol. The molecule has 0 aliphatic carbocycles. The molecule has 1 aromatic rings. The Hall–Kier alpha value is -0.830. The monoisotopic (exact) mass is 366 g/mol. The normalized spacial score (nSPS) is 32.6. The van der Waals surface area contributed by atoms with E-state index in [1.54, 1.807) is 6.92 Å². The summed E-state index contributed by atoms with van der Waals surface area (Å²) >= 11 is 11.9. The number of H-pyrrole nitrogens is 1. The van der Waals surface area contributed by atoms with Gasteiger partial charge in [-0.15, -0.1) is 0 Å². The van der Waals surface area contributed by atoms with Crippen LogP contribution in [0.25, 0.3) is 0 Å². The highest BCUT2D eigenvalue weighted by Crippen LogP contribution is 2.32. The molecule has 0 saturated carbocycles. The molecule has 1 aliphatic heterocycles. The lowest BCUT2D eigenvalue weighted by molar-refractivity contribution is -0.267. The molecule has 2 heterocycles. The van der Waals surface area contributed by atoms with Gasteiger partial charge in [-0.2, -0.15) is 0 Å². The maximum Gasteiger partial charge on any atom is 0.269 e. The number of aromatic amines is 1. The van der Waals surface area contributed by atoms with E-state index in [9.17, 15) is 20.1 Å². The molecule has 0 aromatic carbocycles. The summed E-state index contributed by atoms with van der Waals surface area (Å²) in [6.45, 7) is 4.72. The highest BCUT2D eigenvalue weighted by molar-refractivity contribution is 6.44. The quantitative estimate of drug-likeness (QED) is 0.546. The van der Waals surface area contributed by atoms with Crippen molar-refractivity contribution >= 4 is 29.1 Å². The molecule has 130 valence electrons. The smallest absolute Gasteiger partial charge is 0.269 e. The summed E-state index contributed by atoms with van der Waals surface area (Å²) in [6, 6.07) is -0.871. The van der Waals surface area contributed by atoms with Crippen molar-refractivity contribution in [2.24, 2.45) is 0 Å². The summed E-state index contributed by atoms with van der Waals surface area (Å²) in [4.78, 5) is 15.1. The number of nitrogens with one attached hydrogen (secondary N) is 2. The van der Waals surface area contributed by atoms with Gasteiger partial charge in [0, 0.05) is 12.1 Å². The van der Waals surface area contributed by atoms with Crippen LogP contribution in [0.15, 0.2) is 0 Å². The van der Waals surface area contributed by atoms with Gasteiger partial charge in [-0.25, -0.2) is 0 Å². The highest BCUT2D eigenvalue weighted by atomic mass is 35.5. The first-order valence-electron chi connectivity index (χ1n) is 7.16. The van der Waals surface area contributed by atoms with Gasteiger partial charge in [-0.3, -0.25) is 4.79 Å². The number of halogens is 2. The molecule has 0 spiro atoms. The summed E-state index contributed by atoms with van der Waals surface area (Å²) in [5, 5.41) is 33.4. The second-order valence-electron chi connectivity index (χ2n) is 5.88. The van der Waals surface area contributed by atoms with Crippen molar-refractivity contribution in [3.8, 4) is 0 Å². The average Bonchev–Trinajstić information content (AvgIpc) is 2.72. The van der Waals surface area contributed by atoms with Gasteiger partial charge >= 0.3 is 0 Å². The number of hydrogen-bond donors (Lipinski definition) is 5. The van der Waals surface area contributed by atoms with Crippen LogP contribution in [0.1, 0.15) is 36.5 Å². The van der Waals surface area contributed by atoms with Crippen LogP contribution in [0.5, 0.6) is 0 Å². The molecule has 0 radical (unpaired) electrons. The molecule has 7 nitrogen and oxygen atoms in total. The molecule has 23 heavy (non-hydrogen) atoms. The van der Waals surface area contributed by atoms with Gasteiger partial charge in [-0.1, -0.05) is 23.2 Å². The highest BCUT2D eigenvalue weighted by Gasteiger charge is 2.50. The molecule has 1 aliphatic rings. The Morgan fingerprint density at radius 2 is 2.04 bits per heavy atom. The molecule has 1 amide bonds. The molecule has 1 saturated heterocycles. The number of carbonyl (C=O) groups excluding carboxylic acids is 1. The van der Waals surface area contributed by atoms with Crippen molar-refractivity contribution in [1.29, 1.82) is 0 Å². The number of hydrogen-bond acceptors (Lipinski definition) is 5. The number of rotatable bonds is 3. The Labute approximate surface area is 143 Å². The van der Waals surface area contributed by atoms with Crippen LogP contribution in [0.4, 0.5) is 0 Å². The van der Waals surface area contributed by atoms with Gasteiger partial charge in [0.1, 0.15) is 17.4 Å². The van der Waals surface area contributed by atoms with E-state index in [-0.39, 0.29) is 22.2 Å². The zero-order chi connectivity index (χ0) is 17.5. The third-order valence-corrected chi connectivity index (χ3v) is 5.16. The van der Waals surface area contributed by atoms with Crippen LogP contribution in [-0.2, 0) is 4.74 Å². The fraction of sp³-hybridized carbons (Fsp3) is 0.643. The van der Waals surface area contributed by atoms with E-state index >= 15 is 0 Å². The largest absolute Gasteiger partial charge is 0.387 e. The van der Waals surface area contributed by atoms with E-state index in [1.807, 2.05) is 0 Å². The minimum Gasteiger partial charge on any atom is -0.387 e. The first-order chi connectivity index (χ1) is 10.6. The van der Waals surface area contributed by atoms with Crippen LogP contribution in [0.3, 0.4) is 0 Å². The van der Waals surface area contributed by atoms with Gasteiger partial charge in [-0.05, 0) is 20.8 Å². The summed E-state index contributed by atoms with van der Waals surface area (Å²) in [6.07, 6.45) is -3.53. The lowest BCUT2D eigenvalue weighted by Gasteiger charge is -2.45. The van der Waals surface area contributed by atoms with Gasteiger partial charge in [0.2, 0.25) is 0 Å². The first kappa shape index (κ1) is 18.5. The zero-order valence-corrected chi connectivity index (χ0v) is 14.4. The topological polar surface area (TPSA) is 115 Å². The molecule has 1 aromatic heterocycles. The van der Waals surface area contributed by atoms with Crippen LogP contribution >= 0.6 is 23.2 Å². The number of ether oxygens (including phenoxy) is 1. The number of aryl methyl sites for hydroxylation is 1. The fourth-order valence-electron chi connectivity index (χ4n) is 2.73. The van der Waals surface area contributed by atoms with Gasteiger partial charge in [0.25, 0.3) is 5.91 Å². The molecular weight excluding hydrogens is 347 g/mol. The number of amides is 1. The standard InChI is InChI=1S/C14H20Cl2N2O5/c1-5-9(15)10(16)11(17-5)13(21)18-7(3)14(22)4-8(19)23-6(2)12(14)20/h6-8,12,17,19-20,22H,4H2,1-3H3,(H,18,21)/t6-,7+,8?,12-,14-/m1/s1. The van der Waals surface area contributed by atoms with Crippen LogP contribution in [0, 0.1) is 6.92 Å². The number of aliphatic hydroxyl groups is 3. The minimum absolute atomic E-state index is 0.0692. The van der Waals surface area contributed by atoms with Crippen molar-refractivity contribution in [2.75, 3.05) is 0 Å². The minimum atomic E-state index is -1.75. The van der Waals surface area contributed by atoms with Crippen molar-refractivity contribution in [2.45, 2.75) is 57.3 Å². The predicted octanol–water partition coefficient (Wildman–Crippen LogP) is 0.967. The number of aromatic nitrogens is 1.